The van der Waals surface area contributed by atoms with Crippen LogP contribution in [0.15, 0.2) is 42.5 Å². The number of benzene rings is 2. The second-order valence-corrected chi connectivity index (χ2v) is 5.50. The molecule has 4 N–H and O–H groups in total. The predicted octanol–water partition coefficient (Wildman–Crippen LogP) is 3.25. The molecule has 0 saturated carbocycles. The fourth-order valence-corrected chi connectivity index (χ4v) is 2.96. The van der Waals surface area contributed by atoms with Crippen LogP contribution in [0.4, 0.5) is 5.69 Å². The van der Waals surface area contributed by atoms with Crippen molar-refractivity contribution in [3.63, 3.8) is 0 Å². The van der Waals surface area contributed by atoms with Gasteiger partial charge < -0.3 is 16.2 Å². The molecule has 0 saturated heterocycles. The van der Waals surface area contributed by atoms with E-state index in [1.165, 1.54) is 11.1 Å². The third-order valence-electron chi connectivity index (χ3n) is 4.06. The van der Waals surface area contributed by atoms with Crippen LogP contribution in [-0.2, 0) is 0 Å². The van der Waals surface area contributed by atoms with Gasteiger partial charge in [0, 0.05) is 11.7 Å². The maximum absolute atomic E-state index is 11.0. The predicted molar refractivity (Wildman–Crippen MR) is 82.5 cm³/mol. The Morgan fingerprint density at radius 2 is 1.95 bits per heavy atom. The molecule has 4 heteroatoms. The Kier molecular flexibility index (Phi) is 3.39. The normalized spacial score (nSPS) is 20.1. The lowest BCUT2D eigenvalue weighted by atomic mass is 10.1. The molecule has 108 valence electrons. The van der Waals surface area contributed by atoms with Gasteiger partial charge >= 0.3 is 5.97 Å². The van der Waals surface area contributed by atoms with E-state index in [0.29, 0.717) is 5.56 Å². The van der Waals surface area contributed by atoms with E-state index in [4.69, 9.17) is 10.8 Å². The number of aromatic carboxylic acids is 1. The summed E-state index contributed by atoms with van der Waals surface area (Å²) in [5.74, 6) is -0.905. The number of nitrogens with two attached hydrogens (primary N) is 1. The van der Waals surface area contributed by atoms with Gasteiger partial charge in [-0.3, -0.25) is 0 Å². The van der Waals surface area contributed by atoms with Crippen LogP contribution in [-0.4, -0.2) is 11.1 Å². The molecule has 0 spiro atoms. The Balaban J connectivity index is 1.87. The summed E-state index contributed by atoms with van der Waals surface area (Å²) < 4.78 is 0. The summed E-state index contributed by atoms with van der Waals surface area (Å²) in [7, 11) is 0. The van der Waals surface area contributed by atoms with E-state index in [9.17, 15) is 4.79 Å². The molecule has 1 aliphatic carbocycles. The summed E-state index contributed by atoms with van der Waals surface area (Å²) in [5, 5.41) is 12.5. The van der Waals surface area contributed by atoms with Crippen molar-refractivity contribution in [2.45, 2.75) is 25.4 Å². The van der Waals surface area contributed by atoms with E-state index >= 15 is 0 Å². The number of fused-ring (bicyclic) bond motifs is 1. The summed E-state index contributed by atoms with van der Waals surface area (Å²) in [5.41, 5.74) is 10.8. The van der Waals surface area contributed by atoms with E-state index in [0.717, 1.165) is 17.7 Å². The lowest BCUT2D eigenvalue weighted by molar-refractivity contribution is 0.0697. The van der Waals surface area contributed by atoms with Gasteiger partial charge in [0.15, 0.2) is 0 Å². The molecular weight excluding hydrogens is 264 g/mol. The van der Waals surface area contributed by atoms with Crippen LogP contribution in [0.25, 0.3) is 0 Å². The van der Waals surface area contributed by atoms with Crippen molar-refractivity contribution in [2.75, 3.05) is 5.32 Å². The van der Waals surface area contributed by atoms with Gasteiger partial charge in [-0.15, -0.1) is 0 Å². The number of hydrogen-bond acceptors (Lipinski definition) is 3. The highest BCUT2D eigenvalue weighted by Crippen LogP contribution is 2.39. The molecule has 0 bridgehead atoms. The van der Waals surface area contributed by atoms with Crippen LogP contribution in [0, 0.1) is 6.92 Å². The standard InChI is InChI=1S/C17H18N2O2/c1-10-8-11(17(20)21)6-7-15(10)19-16-9-14(18)12-4-2-3-5-13(12)16/h2-8,14,16,19H,9,18H2,1H3,(H,20,21). The number of aryl methyl sites for hydroxylation is 1. The van der Waals surface area contributed by atoms with Gasteiger partial charge in [0.25, 0.3) is 0 Å². The molecule has 1 aliphatic rings. The first-order valence-electron chi connectivity index (χ1n) is 7.01. The number of hydrogen-bond donors (Lipinski definition) is 3. The van der Waals surface area contributed by atoms with Crippen molar-refractivity contribution >= 4 is 11.7 Å². The minimum absolute atomic E-state index is 0.0531. The van der Waals surface area contributed by atoms with E-state index in [2.05, 4.69) is 17.4 Å². The van der Waals surface area contributed by atoms with Crippen molar-refractivity contribution in [1.82, 2.24) is 0 Å². The molecule has 2 unspecified atom stereocenters. The number of carbonyl (C=O) groups is 1. The van der Waals surface area contributed by atoms with Crippen LogP contribution in [0.2, 0.25) is 0 Å². The van der Waals surface area contributed by atoms with Gasteiger partial charge in [-0.25, -0.2) is 4.79 Å². The lowest BCUT2D eigenvalue weighted by Crippen LogP contribution is -2.11. The number of carboxylic acids is 1. The monoisotopic (exact) mass is 282 g/mol. The largest absolute Gasteiger partial charge is 0.478 e. The smallest absolute Gasteiger partial charge is 0.335 e. The van der Waals surface area contributed by atoms with Gasteiger partial charge in [-0.05, 0) is 48.2 Å². The van der Waals surface area contributed by atoms with Crippen molar-refractivity contribution in [1.29, 1.82) is 0 Å². The molecule has 0 amide bonds. The van der Waals surface area contributed by atoms with E-state index in [-0.39, 0.29) is 12.1 Å². The molecule has 0 radical (unpaired) electrons. The van der Waals surface area contributed by atoms with Crippen molar-refractivity contribution in [3.8, 4) is 0 Å². The maximum Gasteiger partial charge on any atom is 0.335 e. The Labute approximate surface area is 123 Å². The second-order valence-electron chi connectivity index (χ2n) is 5.50. The number of carboxylic acid groups (broad SMARTS) is 1. The zero-order valence-corrected chi connectivity index (χ0v) is 11.8. The second kappa shape index (κ2) is 5.22. The molecule has 3 rings (SSSR count). The summed E-state index contributed by atoms with van der Waals surface area (Å²) in [6, 6.07) is 13.6. The van der Waals surface area contributed by atoms with Crippen LogP contribution >= 0.6 is 0 Å². The average Bonchev–Trinajstić information content (AvgIpc) is 2.78. The number of rotatable bonds is 3. The van der Waals surface area contributed by atoms with Crippen LogP contribution in [0.3, 0.4) is 0 Å². The highest BCUT2D eigenvalue weighted by atomic mass is 16.4. The maximum atomic E-state index is 11.0. The molecule has 21 heavy (non-hydrogen) atoms. The summed E-state index contributed by atoms with van der Waals surface area (Å²) in [6.07, 6.45) is 0.847. The Morgan fingerprint density at radius 3 is 2.62 bits per heavy atom. The Bertz CT molecular complexity index is 697. The van der Waals surface area contributed by atoms with Crippen LogP contribution in [0.1, 0.15) is 45.6 Å². The van der Waals surface area contributed by atoms with E-state index in [1.54, 1.807) is 12.1 Å². The van der Waals surface area contributed by atoms with Crippen molar-refractivity contribution in [2.24, 2.45) is 5.73 Å². The summed E-state index contributed by atoms with van der Waals surface area (Å²) in [6.45, 7) is 1.91. The zero-order chi connectivity index (χ0) is 15.0. The first-order valence-corrected chi connectivity index (χ1v) is 7.01. The minimum Gasteiger partial charge on any atom is -0.478 e. The number of nitrogens with one attached hydrogen (secondary N) is 1. The first-order chi connectivity index (χ1) is 10.1. The summed E-state index contributed by atoms with van der Waals surface area (Å²) in [4.78, 5) is 11.0. The minimum atomic E-state index is -0.905. The SMILES string of the molecule is Cc1cc(C(=O)O)ccc1NC1CC(N)c2ccccc21. The molecule has 0 aromatic heterocycles. The molecule has 4 nitrogen and oxygen atoms in total. The van der Waals surface area contributed by atoms with Gasteiger partial charge in [0.05, 0.1) is 11.6 Å². The Morgan fingerprint density at radius 1 is 1.24 bits per heavy atom. The van der Waals surface area contributed by atoms with Crippen molar-refractivity contribution < 1.29 is 9.90 Å². The molecule has 2 aromatic rings. The van der Waals surface area contributed by atoms with E-state index < -0.39 is 5.97 Å². The topological polar surface area (TPSA) is 75.3 Å². The fourth-order valence-electron chi connectivity index (χ4n) is 2.96. The third kappa shape index (κ3) is 2.50. The van der Waals surface area contributed by atoms with Gasteiger partial charge in [-0.2, -0.15) is 0 Å². The molecule has 0 aliphatic heterocycles. The van der Waals surface area contributed by atoms with Crippen LogP contribution < -0.4 is 11.1 Å². The number of anilines is 1. The molecule has 2 aromatic carbocycles. The lowest BCUT2D eigenvalue weighted by Gasteiger charge is -2.17. The highest BCUT2D eigenvalue weighted by molar-refractivity contribution is 5.88. The molecule has 2 atom stereocenters. The van der Waals surface area contributed by atoms with Gasteiger partial charge in [-0.1, -0.05) is 24.3 Å². The van der Waals surface area contributed by atoms with E-state index in [1.807, 2.05) is 25.1 Å². The Hall–Kier alpha value is -2.33. The molecule has 0 heterocycles. The highest BCUT2D eigenvalue weighted by Gasteiger charge is 2.28. The van der Waals surface area contributed by atoms with Crippen molar-refractivity contribution in [3.05, 3.63) is 64.7 Å². The summed E-state index contributed by atoms with van der Waals surface area (Å²) >= 11 is 0. The zero-order valence-electron chi connectivity index (χ0n) is 11.8. The fraction of sp³-hybridized carbons (Fsp3) is 0.235. The molecular formula is C17H18N2O2. The quantitative estimate of drug-likeness (QED) is 0.807. The molecule has 0 fully saturated rings. The average molecular weight is 282 g/mol. The van der Waals surface area contributed by atoms with Gasteiger partial charge in [0.1, 0.15) is 0 Å². The third-order valence-corrected chi connectivity index (χ3v) is 4.06. The van der Waals surface area contributed by atoms with Crippen LogP contribution in [0.5, 0.6) is 0 Å². The first kappa shape index (κ1) is 13.6. The van der Waals surface area contributed by atoms with Gasteiger partial charge in [0.2, 0.25) is 0 Å².